The van der Waals surface area contributed by atoms with Gasteiger partial charge in [-0.25, -0.2) is 0 Å². The molecule has 1 aliphatic heterocycles. The van der Waals surface area contributed by atoms with Crippen LogP contribution in [0.5, 0.6) is 0 Å². The van der Waals surface area contributed by atoms with E-state index in [2.05, 4.69) is 17.9 Å². The summed E-state index contributed by atoms with van der Waals surface area (Å²) in [6.07, 6.45) is 7.07. The summed E-state index contributed by atoms with van der Waals surface area (Å²) in [7, 11) is 1.76. The molecule has 1 unspecified atom stereocenters. The van der Waals surface area contributed by atoms with Crippen molar-refractivity contribution in [1.82, 2.24) is 4.90 Å². The zero-order valence-corrected chi connectivity index (χ0v) is 10.7. The van der Waals surface area contributed by atoms with Crippen molar-refractivity contribution in [2.45, 2.75) is 38.6 Å². The van der Waals surface area contributed by atoms with Crippen LogP contribution in [0.25, 0.3) is 0 Å². The standard InChI is InChI=1S/C13H26N2O/c1-3-4-5-13(14)10-15-8-6-12(7-9-15)11-16-2/h6,13H,3-5,7-11,14H2,1-2H3. The summed E-state index contributed by atoms with van der Waals surface area (Å²) in [6.45, 7) is 6.22. The number of rotatable bonds is 7. The highest BCUT2D eigenvalue weighted by Gasteiger charge is 2.14. The van der Waals surface area contributed by atoms with E-state index in [1.54, 1.807) is 7.11 Å². The Morgan fingerprint density at radius 2 is 2.38 bits per heavy atom. The van der Waals surface area contributed by atoms with E-state index in [9.17, 15) is 0 Å². The molecule has 0 amide bonds. The molecule has 0 bridgehead atoms. The smallest absolute Gasteiger partial charge is 0.0673 e. The van der Waals surface area contributed by atoms with Crippen LogP contribution in [0.2, 0.25) is 0 Å². The maximum absolute atomic E-state index is 6.10. The Hall–Kier alpha value is -0.380. The number of nitrogens with zero attached hydrogens (tertiary/aromatic N) is 1. The van der Waals surface area contributed by atoms with Gasteiger partial charge in [0, 0.05) is 32.8 Å². The van der Waals surface area contributed by atoms with Crippen LogP contribution in [0.1, 0.15) is 32.6 Å². The van der Waals surface area contributed by atoms with Gasteiger partial charge < -0.3 is 10.5 Å². The monoisotopic (exact) mass is 226 g/mol. The first-order valence-electron chi connectivity index (χ1n) is 6.41. The summed E-state index contributed by atoms with van der Waals surface area (Å²) in [6, 6.07) is 0.345. The lowest BCUT2D eigenvalue weighted by Gasteiger charge is -2.28. The molecule has 0 spiro atoms. The Morgan fingerprint density at radius 1 is 1.56 bits per heavy atom. The lowest BCUT2D eigenvalue weighted by molar-refractivity contribution is 0.208. The predicted octanol–water partition coefficient (Wildman–Crippen LogP) is 1.78. The van der Waals surface area contributed by atoms with E-state index < -0.39 is 0 Å². The van der Waals surface area contributed by atoms with Crippen LogP contribution < -0.4 is 5.73 Å². The average Bonchev–Trinajstić information content (AvgIpc) is 2.29. The van der Waals surface area contributed by atoms with Crippen LogP contribution in [-0.4, -0.2) is 44.3 Å². The van der Waals surface area contributed by atoms with Crippen LogP contribution in [0.4, 0.5) is 0 Å². The molecule has 0 aromatic carbocycles. The number of unbranched alkanes of at least 4 members (excludes halogenated alkanes) is 1. The molecule has 0 saturated heterocycles. The van der Waals surface area contributed by atoms with Crippen molar-refractivity contribution in [2.75, 3.05) is 33.4 Å². The van der Waals surface area contributed by atoms with Crippen molar-refractivity contribution >= 4 is 0 Å². The molecule has 1 atom stereocenters. The molecule has 16 heavy (non-hydrogen) atoms. The summed E-state index contributed by atoms with van der Waals surface area (Å²) in [5, 5.41) is 0. The van der Waals surface area contributed by atoms with Gasteiger partial charge in [-0.15, -0.1) is 0 Å². The fourth-order valence-electron chi connectivity index (χ4n) is 2.12. The van der Waals surface area contributed by atoms with Gasteiger partial charge in [-0.2, -0.15) is 0 Å². The number of hydrogen-bond acceptors (Lipinski definition) is 3. The second-order valence-electron chi connectivity index (χ2n) is 4.71. The normalized spacial score (nSPS) is 19.6. The quantitative estimate of drug-likeness (QED) is 0.673. The predicted molar refractivity (Wildman–Crippen MR) is 68.5 cm³/mol. The van der Waals surface area contributed by atoms with Crippen molar-refractivity contribution < 1.29 is 4.74 Å². The summed E-state index contributed by atoms with van der Waals surface area (Å²) >= 11 is 0. The van der Waals surface area contributed by atoms with Gasteiger partial charge in [0.05, 0.1) is 6.61 Å². The van der Waals surface area contributed by atoms with E-state index in [0.717, 1.165) is 39.1 Å². The van der Waals surface area contributed by atoms with Gasteiger partial charge in [0.1, 0.15) is 0 Å². The molecule has 0 fully saturated rings. The highest BCUT2D eigenvalue weighted by Crippen LogP contribution is 2.11. The fourth-order valence-corrected chi connectivity index (χ4v) is 2.12. The molecular weight excluding hydrogens is 200 g/mol. The molecule has 2 N–H and O–H groups in total. The van der Waals surface area contributed by atoms with Gasteiger partial charge in [0.2, 0.25) is 0 Å². The Labute approximate surface area is 99.6 Å². The SMILES string of the molecule is CCCCC(N)CN1CC=C(COC)CC1. The minimum Gasteiger partial charge on any atom is -0.380 e. The summed E-state index contributed by atoms with van der Waals surface area (Å²) < 4.78 is 5.14. The van der Waals surface area contributed by atoms with E-state index in [0.29, 0.717) is 6.04 Å². The Morgan fingerprint density at radius 3 is 2.94 bits per heavy atom. The molecule has 0 aliphatic carbocycles. The maximum atomic E-state index is 6.10. The lowest BCUT2D eigenvalue weighted by atomic mass is 10.1. The highest BCUT2D eigenvalue weighted by molar-refractivity contribution is 5.07. The topological polar surface area (TPSA) is 38.5 Å². The average molecular weight is 226 g/mol. The van der Waals surface area contributed by atoms with Crippen LogP contribution >= 0.6 is 0 Å². The minimum atomic E-state index is 0.345. The summed E-state index contributed by atoms with van der Waals surface area (Å²) in [5.74, 6) is 0. The van der Waals surface area contributed by atoms with Crippen molar-refractivity contribution in [3.63, 3.8) is 0 Å². The molecule has 94 valence electrons. The number of hydrogen-bond donors (Lipinski definition) is 1. The van der Waals surface area contributed by atoms with Crippen molar-refractivity contribution in [1.29, 1.82) is 0 Å². The van der Waals surface area contributed by atoms with Crippen molar-refractivity contribution in [2.24, 2.45) is 5.73 Å². The van der Waals surface area contributed by atoms with E-state index in [-0.39, 0.29) is 0 Å². The lowest BCUT2D eigenvalue weighted by Crippen LogP contribution is -2.40. The summed E-state index contributed by atoms with van der Waals surface area (Å²) in [4.78, 5) is 2.44. The van der Waals surface area contributed by atoms with Gasteiger partial charge in [-0.3, -0.25) is 4.90 Å². The molecule has 1 heterocycles. The molecule has 1 aliphatic rings. The molecule has 0 aromatic rings. The molecule has 0 aromatic heterocycles. The zero-order chi connectivity index (χ0) is 11.8. The molecular formula is C13H26N2O. The van der Waals surface area contributed by atoms with Crippen molar-refractivity contribution in [3.8, 4) is 0 Å². The minimum absolute atomic E-state index is 0.345. The third kappa shape index (κ3) is 5.10. The maximum Gasteiger partial charge on any atom is 0.0673 e. The molecule has 3 heteroatoms. The summed E-state index contributed by atoms with van der Waals surface area (Å²) in [5.41, 5.74) is 7.53. The third-order valence-electron chi connectivity index (χ3n) is 3.14. The Kier molecular flexibility index (Phi) is 6.69. The number of methoxy groups -OCH3 is 1. The fraction of sp³-hybridized carbons (Fsp3) is 0.846. The molecule has 0 radical (unpaired) electrons. The first kappa shape index (κ1) is 13.7. The van der Waals surface area contributed by atoms with E-state index in [1.165, 1.54) is 18.4 Å². The van der Waals surface area contributed by atoms with E-state index >= 15 is 0 Å². The third-order valence-corrected chi connectivity index (χ3v) is 3.14. The second-order valence-corrected chi connectivity index (χ2v) is 4.71. The Bertz CT molecular complexity index is 216. The first-order valence-corrected chi connectivity index (χ1v) is 6.41. The number of nitrogens with two attached hydrogens (primary N) is 1. The second kappa shape index (κ2) is 7.82. The van der Waals surface area contributed by atoms with Gasteiger partial charge in [-0.05, 0) is 18.4 Å². The van der Waals surface area contributed by atoms with Crippen LogP contribution in [-0.2, 0) is 4.74 Å². The first-order chi connectivity index (χ1) is 7.76. The van der Waals surface area contributed by atoms with E-state index in [1.807, 2.05) is 0 Å². The van der Waals surface area contributed by atoms with Gasteiger partial charge in [0.15, 0.2) is 0 Å². The zero-order valence-electron chi connectivity index (χ0n) is 10.7. The van der Waals surface area contributed by atoms with Crippen LogP contribution in [0.15, 0.2) is 11.6 Å². The molecule has 1 rings (SSSR count). The highest BCUT2D eigenvalue weighted by atomic mass is 16.5. The van der Waals surface area contributed by atoms with Crippen LogP contribution in [0.3, 0.4) is 0 Å². The van der Waals surface area contributed by atoms with Gasteiger partial charge in [-0.1, -0.05) is 25.8 Å². The molecule has 0 saturated carbocycles. The Balaban J connectivity index is 2.20. The number of ether oxygens (including phenoxy) is 1. The van der Waals surface area contributed by atoms with Gasteiger partial charge in [0.25, 0.3) is 0 Å². The van der Waals surface area contributed by atoms with Gasteiger partial charge >= 0.3 is 0 Å². The van der Waals surface area contributed by atoms with Crippen molar-refractivity contribution in [3.05, 3.63) is 11.6 Å². The largest absolute Gasteiger partial charge is 0.380 e. The molecule has 3 nitrogen and oxygen atoms in total. The van der Waals surface area contributed by atoms with E-state index in [4.69, 9.17) is 10.5 Å². The van der Waals surface area contributed by atoms with Crippen LogP contribution in [0, 0.1) is 0 Å².